The zero-order chi connectivity index (χ0) is 18.2. The van der Waals surface area contributed by atoms with Gasteiger partial charge in [0.2, 0.25) is 15.9 Å². The van der Waals surface area contributed by atoms with Crippen molar-refractivity contribution in [2.75, 3.05) is 10.7 Å². The fourth-order valence-corrected chi connectivity index (χ4v) is 4.52. The minimum Gasteiger partial charge on any atom is -0.308 e. The zero-order valence-electron chi connectivity index (χ0n) is 14.1. The Hall–Kier alpha value is -1.83. The third-order valence-electron chi connectivity index (χ3n) is 4.22. The molecule has 1 aliphatic rings. The van der Waals surface area contributed by atoms with Crippen molar-refractivity contribution in [3.8, 4) is 0 Å². The lowest BCUT2D eigenvalue weighted by atomic mass is 10.1. The molecule has 0 radical (unpaired) electrons. The normalized spacial score (nSPS) is 16.8. The molecule has 2 N–H and O–H groups in total. The Balaban J connectivity index is 1.78. The highest BCUT2D eigenvalue weighted by atomic mass is 32.2. The standard InChI is InChI=1S/C18H20N2O3S2/c1-12-4-3-5-15(8-12)24-11-18(21)20-13(2)9-14-10-16(25(19,22)23)6-7-17(14)20/h3-8,10,13H,9,11H2,1-2H3,(H2,19,22,23). The average molecular weight is 377 g/mol. The van der Waals surface area contributed by atoms with Gasteiger partial charge < -0.3 is 4.90 Å². The summed E-state index contributed by atoms with van der Waals surface area (Å²) in [5, 5.41) is 5.19. The number of sulfonamides is 1. The van der Waals surface area contributed by atoms with E-state index in [1.54, 1.807) is 17.0 Å². The topological polar surface area (TPSA) is 80.5 Å². The van der Waals surface area contributed by atoms with Gasteiger partial charge in [0.1, 0.15) is 0 Å². The lowest BCUT2D eigenvalue weighted by Crippen LogP contribution is -2.36. The van der Waals surface area contributed by atoms with Crippen LogP contribution in [0.15, 0.2) is 52.3 Å². The highest BCUT2D eigenvalue weighted by Gasteiger charge is 2.31. The van der Waals surface area contributed by atoms with Crippen molar-refractivity contribution in [3.63, 3.8) is 0 Å². The van der Waals surface area contributed by atoms with Crippen molar-refractivity contribution in [2.24, 2.45) is 5.14 Å². The second kappa shape index (κ2) is 6.82. The summed E-state index contributed by atoms with van der Waals surface area (Å²) < 4.78 is 23.0. The summed E-state index contributed by atoms with van der Waals surface area (Å²) in [5.74, 6) is 0.352. The Morgan fingerprint density at radius 2 is 2.04 bits per heavy atom. The second-order valence-electron chi connectivity index (χ2n) is 6.26. The first-order valence-electron chi connectivity index (χ1n) is 7.93. The lowest BCUT2D eigenvalue weighted by molar-refractivity contribution is -0.116. The van der Waals surface area contributed by atoms with Gasteiger partial charge in [0.15, 0.2) is 0 Å². The maximum absolute atomic E-state index is 12.7. The summed E-state index contributed by atoms with van der Waals surface area (Å²) in [6.45, 7) is 3.99. The number of amides is 1. The van der Waals surface area contributed by atoms with Gasteiger partial charge >= 0.3 is 0 Å². The molecule has 2 aromatic rings. The van der Waals surface area contributed by atoms with Crippen molar-refractivity contribution in [3.05, 3.63) is 53.6 Å². The molecule has 1 aliphatic heterocycles. The molecule has 5 nitrogen and oxygen atoms in total. The zero-order valence-corrected chi connectivity index (χ0v) is 15.7. The molecule has 1 amide bonds. The third-order valence-corrected chi connectivity index (χ3v) is 6.11. The maximum Gasteiger partial charge on any atom is 0.238 e. The minimum atomic E-state index is -3.74. The Morgan fingerprint density at radius 1 is 1.28 bits per heavy atom. The fraction of sp³-hybridized carbons (Fsp3) is 0.278. The van der Waals surface area contributed by atoms with Gasteiger partial charge in [-0.3, -0.25) is 4.79 Å². The number of primary sulfonamides is 1. The van der Waals surface area contributed by atoms with Crippen molar-refractivity contribution >= 4 is 33.4 Å². The van der Waals surface area contributed by atoms with Gasteiger partial charge in [-0.1, -0.05) is 17.7 Å². The van der Waals surface area contributed by atoms with Crippen LogP contribution < -0.4 is 10.0 Å². The summed E-state index contributed by atoms with van der Waals surface area (Å²) in [6, 6.07) is 12.7. The quantitative estimate of drug-likeness (QED) is 0.832. The number of hydrogen-bond acceptors (Lipinski definition) is 4. The van der Waals surface area contributed by atoms with Crippen molar-refractivity contribution in [1.82, 2.24) is 0 Å². The van der Waals surface area contributed by atoms with Crippen LogP contribution in [0.3, 0.4) is 0 Å². The Kier molecular flexibility index (Phi) is 4.90. The first kappa shape index (κ1) is 18.0. The predicted molar refractivity (Wildman–Crippen MR) is 100 cm³/mol. The van der Waals surface area contributed by atoms with Gasteiger partial charge in [0, 0.05) is 16.6 Å². The Labute approximate surface area is 152 Å². The summed E-state index contributed by atoms with van der Waals surface area (Å²) in [5.41, 5.74) is 2.77. The number of nitrogens with zero attached hydrogens (tertiary/aromatic N) is 1. The molecular weight excluding hydrogens is 356 g/mol. The maximum atomic E-state index is 12.7. The number of rotatable bonds is 4. The molecule has 2 aromatic carbocycles. The lowest BCUT2D eigenvalue weighted by Gasteiger charge is -2.22. The molecule has 0 saturated carbocycles. The molecule has 1 unspecified atom stereocenters. The number of anilines is 1. The van der Waals surface area contributed by atoms with Crippen LogP contribution in [-0.2, 0) is 21.2 Å². The summed E-state index contributed by atoms with van der Waals surface area (Å²) in [6.07, 6.45) is 0.625. The highest BCUT2D eigenvalue weighted by Crippen LogP contribution is 2.34. The van der Waals surface area contributed by atoms with Crippen LogP contribution in [0.4, 0.5) is 5.69 Å². The first-order valence-corrected chi connectivity index (χ1v) is 10.5. The summed E-state index contributed by atoms with van der Waals surface area (Å²) >= 11 is 1.51. The molecule has 0 aromatic heterocycles. The van der Waals surface area contributed by atoms with E-state index in [0.29, 0.717) is 12.2 Å². The number of fused-ring (bicyclic) bond motifs is 1. The molecule has 0 bridgehead atoms. The number of carbonyl (C=O) groups is 1. The van der Waals surface area contributed by atoms with E-state index in [0.717, 1.165) is 21.7 Å². The van der Waals surface area contributed by atoms with Crippen LogP contribution in [0.2, 0.25) is 0 Å². The Bertz CT molecular complexity index is 926. The van der Waals surface area contributed by atoms with Crippen molar-refractivity contribution in [2.45, 2.75) is 36.1 Å². The summed E-state index contributed by atoms with van der Waals surface area (Å²) in [4.78, 5) is 15.6. The highest BCUT2D eigenvalue weighted by molar-refractivity contribution is 8.00. The smallest absolute Gasteiger partial charge is 0.238 e. The van der Waals surface area contributed by atoms with Gasteiger partial charge in [-0.15, -0.1) is 11.8 Å². The van der Waals surface area contributed by atoms with E-state index in [4.69, 9.17) is 5.14 Å². The van der Waals surface area contributed by atoms with E-state index in [1.807, 2.05) is 32.0 Å². The monoisotopic (exact) mass is 376 g/mol. The molecule has 25 heavy (non-hydrogen) atoms. The van der Waals surface area contributed by atoms with E-state index in [-0.39, 0.29) is 16.8 Å². The molecule has 1 atom stereocenters. The van der Waals surface area contributed by atoms with Crippen LogP contribution in [0.25, 0.3) is 0 Å². The molecule has 0 saturated heterocycles. The van der Waals surface area contributed by atoms with Gasteiger partial charge in [0.05, 0.1) is 10.6 Å². The largest absolute Gasteiger partial charge is 0.308 e. The van der Waals surface area contributed by atoms with Crippen LogP contribution in [-0.4, -0.2) is 26.1 Å². The average Bonchev–Trinajstić information content (AvgIpc) is 2.87. The summed E-state index contributed by atoms with van der Waals surface area (Å²) in [7, 11) is -3.74. The van der Waals surface area contributed by atoms with Crippen LogP contribution in [0, 0.1) is 6.92 Å². The van der Waals surface area contributed by atoms with E-state index in [9.17, 15) is 13.2 Å². The van der Waals surface area contributed by atoms with Gasteiger partial charge in [-0.25, -0.2) is 13.6 Å². The van der Waals surface area contributed by atoms with E-state index in [1.165, 1.54) is 17.8 Å². The molecule has 0 fully saturated rings. The Morgan fingerprint density at radius 3 is 2.72 bits per heavy atom. The molecule has 7 heteroatoms. The van der Waals surface area contributed by atoms with Gasteiger partial charge in [-0.05, 0) is 56.2 Å². The molecule has 132 valence electrons. The minimum absolute atomic E-state index is 0.00339. The number of nitrogens with two attached hydrogens (primary N) is 1. The van der Waals surface area contributed by atoms with E-state index >= 15 is 0 Å². The molecule has 3 rings (SSSR count). The molecular formula is C18H20N2O3S2. The predicted octanol–water partition coefficient (Wildman–Crippen LogP) is 2.71. The van der Waals surface area contributed by atoms with Gasteiger partial charge in [0.25, 0.3) is 0 Å². The van der Waals surface area contributed by atoms with Crippen molar-refractivity contribution in [1.29, 1.82) is 0 Å². The van der Waals surface area contributed by atoms with Crippen LogP contribution in [0.1, 0.15) is 18.1 Å². The fourth-order valence-electron chi connectivity index (χ4n) is 3.08. The molecule has 1 heterocycles. The number of benzene rings is 2. The molecule has 0 spiro atoms. The number of thioether (sulfide) groups is 1. The van der Waals surface area contributed by atoms with E-state index < -0.39 is 10.0 Å². The van der Waals surface area contributed by atoms with Crippen molar-refractivity contribution < 1.29 is 13.2 Å². The number of carbonyl (C=O) groups excluding carboxylic acids is 1. The molecule has 0 aliphatic carbocycles. The SMILES string of the molecule is Cc1cccc(SCC(=O)N2c3ccc(S(N)(=O)=O)cc3CC2C)c1. The number of aryl methyl sites for hydroxylation is 1. The van der Waals surface area contributed by atoms with Crippen LogP contribution >= 0.6 is 11.8 Å². The van der Waals surface area contributed by atoms with Gasteiger partial charge in [-0.2, -0.15) is 0 Å². The third kappa shape index (κ3) is 3.89. The number of hydrogen-bond donors (Lipinski definition) is 1. The van der Waals surface area contributed by atoms with E-state index in [2.05, 4.69) is 6.07 Å². The first-order chi connectivity index (χ1) is 11.8. The van der Waals surface area contributed by atoms with Crippen LogP contribution in [0.5, 0.6) is 0 Å². The second-order valence-corrected chi connectivity index (χ2v) is 8.87.